The molecule has 0 bridgehead atoms. The van der Waals surface area contributed by atoms with Gasteiger partial charge in [0.05, 0.1) is 24.4 Å². The highest BCUT2D eigenvalue weighted by Gasteiger charge is 2.29. The quantitative estimate of drug-likeness (QED) is 0.395. The molecule has 2 heteroatoms. The molecule has 22 heavy (non-hydrogen) atoms. The second kappa shape index (κ2) is 12.4. The van der Waals surface area contributed by atoms with Crippen LogP contribution in [0, 0.1) is 0 Å². The number of unbranched alkanes of at least 4 members (excludes halogenated alkanes) is 4. The zero-order valence-corrected chi connectivity index (χ0v) is 15.6. The van der Waals surface area contributed by atoms with Crippen LogP contribution in [0.15, 0.2) is 0 Å². The molecule has 0 heterocycles. The van der Waals surface area contributed by atoms with Crippen LogP contribution in [0.5, 0.6) is 0 Å². The fourth-order valence-electron chi connectivity index (χ4n) is 3.47. The SMILES string of the molecule is CCCCCC(C)OC1CCCCC1OC(C)CCCCC. The molecule has 0 radical (unpaired) electrons. The Morgan fingerprint density at radius 3 is 1.50 bits per heavy atom. The number of hydrogen-bond acceptors (Lipinski definition) is 2. The standard InChI is InChI=1S/C20H40O2/c1-5-7-9-13-17(3)21-19-15-11-12-16-20(19)22-18(4)14-10-8-6-2/h17-20H,5-16H2,1-4H3. The van der Waals surface area contributed by atoms with Gasteiger partial charge in [0.25, 0.3) is 0 Å². The van der Waals surface area contributed by atoms with Crippen molar-refractivity contribution in [2.45, 2.75) is 129 Å². The maximum Gasteiger partial charge on any atom is 0.0840 e. The van der Waals surface area contributed by atoms with Gasteiger partial charge in [-0.25, -0.2) is 0 Å². The van der Waals surface area contributed by atoms with Crippen LogP contribution in [0.2, 0.25) is 0 Å². The van der Waals surface area contributed by atoms with Gasteiger partial charge >= 0.3 is 0 Å². The number of hydrogen-bond donors (Lipinski definition) is 0. The summed E-state index contributed by atoms with van der Waals surface area (Å²) in [5.41, 5.74) is 0. The molecule has 1 aliphatic rings. The molecule has 4 atom stereocenters. The van der Waals surface area contributed by atoms with Crippen LogP contribution in [0.4, 0.5) is 0 Å². The van der Waals surface area contributed by atoms with Gasteiger partial charge in [0.1, 0.15) is 0 Å². The lowest BCUT2D eigenvalue weighted by molar-refractivity contribution is -0.135. The zero-order chi connectivity index (χ0) is 16.2. The minimum Gasteiger partial charge on any atom is -0.373 e. The molecule has 0 spiro atoms. The molecule has 0 aromatic heterocycles. The predicted octanol–water partition coefficient (Wildman–Crippen LogP) is 6.27. The highest BCUT2D eigenvalue weighted by atomic mass is 16.6. The second-order valence-electron chi connectivity index (χ2n) is 7.25. The van der Waals surface area contributed by atoms with Gasteiger partial charge in [-0.3, -0.25) is 0 Å². The average Bonchev–Trinajstić information content (AvgIpc) is 2.50. The highest BCUT2D eigenvalue weighted by molar-refractivity contribution is 4.78. The molecular formula is C20H40O2. The van der Waals surface area contributed by atoms with E-state index in [1.165, 1.54) is 77.0 Å². The minimum absolute atomic E-state index is 0.332. The topological polar surface area (TPSA) is 18.5 Å². The van der Waals surface area contributed by atoms with Gasteiger partial charge in [-0.15, -0.1) is 0 Å². The van der Waals surface area contributed by atoms with Crippen molar-refractivity contribution >= 4 is 0 Å². The summed E-state index contributed by atoms with van der Waals surface area (Å²) in [6.07, 6.45) is 16.6. The molecule has 2 nitrogen and oxygen atoms in total. The largest absolute Gasteiger partial charge is 0.373 e. The van der Waals surface area contributed by atoms with E-state index in [0.29, 0.717) is 24.4 Å². The summed E-state index contributed by atoms with van der Waals surface area (Å²) >= 11 is 0. The molecule has 0 amide bonds. The van der Waals surface area contributed by atoms with Crippen LogP contribution >= 0.6 is 0 Å². The van der Waals surface area contributed by atoms with Crippen LogP contribution in [0.25, 0.3) is 0 Å². The van der Waals surface area contributed by atoms with Crippen LogP contribution in [-0.4, -0.2) is 24.4 Å². The van der Waals surface area contributed by atoms with E-state index >= 15 is 0 Å². The maximum absolute atomic E-state index is 6.35. The average molecular weight is 313 g/mol. The zero-order valence-electron chi connectivity index (χ0n) is 15.6. The molecule has 1 fully saturated rings. The van der Waals surface area contributed by atoms with Gasteiger partial charge in [0, 0.05) is 0 Å². The molecule has 0 aromatic rings. The third-order valence-electron chi connectivity index (χ3n) is 4.88. The fraction of sp³-hybridized carbons (Fsp3) is 1.00. The molecule has 1 aliphatic carbocycles. The van der Waals surface area contributed by atoms with E-state index < -0.39 is 0 Å². The molecule has 132 valence electrons. The van der Waals surface area contributed by atoms with E-state index in [-0.39, 0.29) is 0 Å². The van der Waals surface area contributed by atoms with Gasteiger partial charge < -0.3 is 9.47 Å². The monoisotopic (exact) mass is 312 g/mol. The van der Waals surface area contributed by atoms with Crippen molar-refractivity contribution in [2.24, 2.45) is 0 Å². The molecule has 1 saturated carbocycles. The Hall–Kier alpha value is -0.0800. The fourth-order valence-corrected chi connectivity index (χ4v) is 3.47. The van der Waals surface area contributed by atoms with Crippen molar-refractivity contribution in [3.05, 3.63) is 0 Å². The Morgan fingerprint density at radius 1 is 0.727 bits per heavy atom. The molecule has 0 N–H and O–H groups in total. The summed E-state index contributed by atoms with van der Waals surface area (Å²) in [4.78, 5) is 0. The van der Waals surface area contributed by atoms with Crippen molar-refractivity contribution in [2.75, 3.05) is 0 Å². The molecule has 0 aromatic carbocycles. The smallest absolute Gasteiger partial charge is 0.0840 e. The Kier molecular flexibility index (Phi) is 11.2. The minimum atomic E-state index is 0.332. The lowest BCUT2D eigenvalue weighted by atomic mass is 9.94. The number of rotatable bonds is 12. The summed E-state index contributed by atoms with van der Waals surface area (Å²) in [7, 11) is 0. The van der Waals surface area contributed by atoms with Gasteiger partial charge in [0.15, 0.2) is 0 Å². The number of ether oxygens (including phenoxy) is 2. The maximum atomic E-state index is 6.35. The molecule has 4 unspecified atom stereocenters. The predicted molar refractivity (Wildman–Crippen MR) is 95.4 cm³/mol. The van der Waals surface area contributed by atoms with Crippen LogP contribution in [0.1, 0.15) is 105 Å². The van der Waals surface area contributed by atoms with Crippen molar-refractivity contribution in [3.8, 4) is 0 Å². The van der Waals surface area contributed by atoms with Crippen LogP contribution in [0.3, 0.4) is 0 Å². The van der Waals surface area contributed by atoms with E-state index in [1.54, 1.807) is 0 Å². The first-order chi connectivity index (χ1) is 10.7. The summed E-state index contributed by atoms with van der Waals surface area (Å²) in [6, 6.07) is 0. The van der Waals surface area contributed by atoms with Crippen molar-refractivity contribution in [1.82, 2.24) is 0 Å². The lowest BCUT2D eigenvalue weighted by Crippen LogP contribution is -2.38. The summed E-state index contributed by atoms with van der Waals surface area (Å²) < 4.78 is 12.7. The molecule has 0 saturated heterocycles. The Bertz CT molecular complexity index is 228. The third-order valence-corrected chi connectivity index (χ3v) is 4.88. The van der Waals surface area contributed by atoms with Crippen molar-refractivity contribution < 1.29 is 9.47 Å². The van der Waals surface area contributed by atoms with Crippen molar-refractivity contribution in [1.29, 1.82) is 0 Å². The van der Waals surface area contributed by atoms with Gasteiger partial charge in [0.2, 0.25) is 0 Å². The first kappa shape index (κ1) is 20.0. The van der Waals surface area contributed by atoms with Gasteiger partial charge in [-0.1, -0.05) is 65.2 Å². The first-order valence-corrected chi connectivity index (χ1v) is 9.98. The molecular weight excluding hydrogens is 272 g/mol. The summed E-state index contributed by atoms with van der Waals surface area (Å²) in [6.45, 7) is 9.00. The normalized spacial score (nSPS) is 25.1. The van der Waals surface area contributed by atoms with Gasteiger partial charge in [-0.05, 0) is 39.5 Å². The molecule has 1 rings (SSSR count). The van der Waals surface area contributed by atoms with Crippen LogP contribution in [-0.2, 0) is 9.47 Å². The van der Waals surface area contributed by atoms with E-state index in [2.05, 4.69) is 27.7 Å². The second-order valence-corrected chi connectivity index (χ2v) is 7.25. The van der Waals surface area contributed by atoms with Crippen molar-refractivity contribution in [3.63, 3.8) is 0 Å². The van der Waals surface area contributed by atoms with Crippen LogP contribution < -0.4 is 0 Å². The molecule has 0 aliphatic heterocycles. The van der Waals surface area contributed by atoms with E-state index in [1.807, 2.05) is 0 Å². The summed E-state index contributed by atoms with van der Waals surface area (Å²) in [5.74, 6) is 0. The van der Waals surface area contributed by atoms with E-state index in [9.17, 15) is 0 Å². The van der Waals surface area contributed by atoms with Gasteiger partial charge in [-0.2, -0.15) is 0 Å². The summed E-state index contributed by atoms with van der Waals surface area (Å²) in [5, 5.41) is 0. The lowest BCUT2D eigenvalue weighted by Gasteiger charge is -2.35. The Morgan fingerprint density at radius 2 is 1.14 bits per heavy atom. The third kappa shape index (κ3) is 8.53. The first-order valence-electron chi connectivity index (χ1n) is 9.98. The Labute approximate surface area is 139 Å². The van der Waals surface area contributed by atoms with E-state index in [4.69, 9.17) is 9.47 Å². The highest BCUT2D eigenvalue weighted by Crippen LogP contribution is 2.27. The van der Waals surface area contributed by atoms with E-state index in [0.717, 1.165) is 0 Å². The Balaban J connectivity index is 2.32.